The van der Waals surface area contributed by atoms with Crippen molar-refractivity contribution in [3.05, 3.63) is 35.9 Å². The Morgan fingerprint density at radius 2 is 1.68 bits per heavy atom. The molecule has 3 heteroatoms. The summed E-state index contributed by atoms with van der Waals surface area (Å²) in [6.45, 7) is 3.86. The Labute approximate surface area is 113 Å². The second-order valence-electron chi connectivity index (χ2n) is 6.07. The van der Waals surface area contributed by atoms with E-state index in [-0.39, 0.29) is 22.7 Å². The van der Waals surface area contributed by atoms with Crippen molar-refractivity contribution in [3.8, 4) is 0 Å². The van der Waals surface area contributed by atoms with Crippen LogP contribution in [0.15, 0.2) is 30.3 Å². The quantitative estimate of drug-likeness (QED) is 0.668. The molecule has 100 valence electrons. The van der Waals surface area contributed by atoms with E-state index in [9.17, 15) is 9.59 Å². The van der Waals surface area contributed by atoms with Gasteiger partial charge >= 0.3 is 0 Å². The van der Waals surface area contributed by atoms with Gasteiger partial charge in [0, 0.05) is 25.0 Å². The highest BCUT2D eigenvalue weighted by Crippen LogP contribution is 2.34. The molecular formula is C16H19NO2. The molecule has 1 aliphatic carbocycles. The normalized spacial score (nSPS) is 19.5. The van der Waals surface area contributed by atoms with E-state index in [1.54, 1.807) is 0 Å². The van der Waals surface area contributed by atoms with Crippen molar-refractivity contribution in [3.63, 3.8) is 0 Å². The first-order valence-electron chi connectivity index (χ1n) is 6.56. The average Bonchev–Trinajstić information content (AvgIpc) is 2.27. The topological polar surface area (TPSA) is 58.0 Å². The number of carbonyl (C=O) groups is 2. The van der Waals surface area contributed by atoms with Crippen LogP contribution in [0.25, 0.3) is 0 Å². The molecule has 0 heterocycles. The Morgan fingerprint density at radius 3 is 2.21 bits per heavy atom. The summed E-state index contributed by atoms with van der Waals surface area (Å²) < 4.78 is 0. The van der Waals surface area contributed by atoms with Gasteiger partial charge in [0.1, 0.15) is 17.5 Å². The van der Waals surface area contributed by atoms with Crippen LogP contribution in [0.2, 0.25) is 0 Å². The Bertz CT molecular complexity index is 497. The van der Waals surface area contributed by atoms with Gasteiger partial charge in [-0.2, -0.15) is 0 Å². The third-order valence-corrected chi connectivity index (χ3v) is 3.54. The van der Waals surface area contributed by atoms with Crippen molar-refractivity contribution in [1.82, 2.24) is 0 Å². The minimum atomic E-state index is -0.812. The van der Waals surface area contributed by atoms with Crippen LogP contribution in [0.5, 0.6) is 0 Å². The summed E-state index contributed by atoms with van der Waals surface area (Å²) in [5.74, 6) is -1.00. The minimum absolute atomic E-state index is 0.0952. The molecule has 1 fully saturated rings. The van der Waals surface area contributed by atoms with Gasteiger partial charge in [0.25, 0.3) is 0 Å². The Balaban J connectivity index is 2.11. The molecule has 1 aliphatic rings. The van der Waals surface area contributed by atoms with Crippen LogP contribution in [0.3, 0.4) is 0 Å². The Morgan fingerprint density at radius 1 is 1.16 bits per heavy atom. The van der Waals surface area contributed by atoms with Crippen molar-refractivity contribution in [2.75, 3.05) is 0 Å². The van der Waals surface area contributed by atoms with Crippen molar-refractivity contribution >= 4 is 17.3 Å². The summed E-state index contributed by atoms with van der Waals surface area (Å²) in [5.41, 5.74) is 0.951. The molecule has 0 unspecified atom stereocenters. The first kappa shape index (κ1) is 13.7. The van der Waals surface area contributed by atoms with Crippen LogP contribution < -0.4 is 0 Å². The molecule has 0 aromatic heterocycles. The van der Waals surface area contributed by atoms with Gasteiger partial charge in [-0.1, -0.05) is 44.2 Å². The van der Waals surface area contributed by atoms with Gasteiger partial charge in [0.15, 0.2) is 0 Å². The van der Waals surface area contributed by atoms with Gasteiger partial charge in [-0.3, -0.25) is 9.59 Å². The van der Waals surface area contributed by atoms with E-state index < -0.39 is 5.92 Å². The molecule has 2 rings (SSSR count). The van der Waals surface area contributed by atoms with Crippen molar-refractivity contribution < 1.29 is 9.59 Å². The first-order chi connectivity index (χ1) is 8.89. The highest BCUT2D eigenvalue weighted by molar-refractivity contribution is 6.22. The maximum atomic E-state index is 12.1. The molecule has 1 N–H and O–H groups in total. The summed E-state index contributed by atoms with van der Waals surface area (Å²) in [6, 6.07) is 9.53. The van der Waals surface area contributed by atoms with Gasteiger partial charge < -0.3 is 5.41 Å². The van der Waals surface area contributed by atoms with Crippen LogP contribution in [-0.2, 0) is 16.0 Å². The van der Waals surface area contributed by atoms with E-state index >= 15 is 0 Å². The standard InChI is InChI=1S/C16H19NO2/c1-16(2)9-13(18)15(14(19)10-16)12(17)8-11-6-4-3-5-7-11/h3-7,15,17H,8-10H2,1-2H3. The fourth-order valence-corrected chi connectivity index (χ4v) is 2.70. The molecule has 1 aromatic rings. The summed E-state index contributed by atoms with van der Waals surface area (Å²) in [5, 5.41) is 8.07. The molecule has 3 nitrogen and oxygen atoms in total. The summed E-state index contributed by atoms with van der Waals surface area (Å²) >= 11 is 0. The molecule has 0 aliphatic heterocycles. The molecule has 0 amide bonds. The van der Waals surface area contributed by atoms with Crippen LogP contribution in [0.1, 0.15) is 32.3 Å². The number of benzene rings is 1. The third-order valence-electron chi connectivity index (χ3n) is 3.54. The molecular weight excluding hydrogens is 238 g/mol. The smallest absolute Gasteiger partial charge is 0.149 e. The first-order valence-corrected chi connectivity index (χ1v) is 6.56. The van der Waals surface area contributed by atoms with E-state index in [4.69, 9.17) is 5.41 Å². The number of rotatable bonds is 3. The molecule has 19 heavy (non-hydrogen) atoms. The summed E-state index contributed by atoms with van der Waals surface area (Å²) in [6.07, 6.45) is 1.16. The van der Waals surface area contributed by atoms with Crippen LogP contribution in [0, 0.1) is 16.7 Å². The van der Waals surface area contributed by atoms with E-state index in [0.29, 0.717) is 19.3 Å². The summed E-state index contributed by atoms with van der Waals surface area (Å²) in [7, 11) is 0. The highest BCUT2D eigenvalue weighted by Gasteiger charge is 2.41. The Kier molecular flexibility index (Phi) is 3.65. The van der Waals surface area contributed by atoms with Crippen molar-refractivity contribution in [2.24, 2.45) is 11.3 Å². The van der Waals surface area contributed by atoms with Gasteiger partial charge in [-0.15, -0.1) is 0 Å². The summed E-state index contributed by atoms with van der Waals surface area (Å²) in [4.78, 5) is 24.2. The lowest BCUT2D eigenvalue weighted by Crippen LogP contribution is -2.42. The molecule has 0 spiro atoms. The zero-order valence-corrected chi connectivity index (χ0v) is 11.4. The van der Waals surface area contributed by atoms with Crippen LogP contribution in [0.4, 0.5) is 0 Å². The van der Waals surface area contributed by atoms with E-state index in [2.05, 4.69) is 0 Å². The third kappa shape index (κ3) is 3.16. The maximum Gasteiger partial charge on any atom is 0.149 e. The second kappa shape index (κ2) is 5.08. The van der Waals surface area contributed by atoms with Crippen LogP contribution >= 0.6 is 0 Å². The number of Topliss-reactive ketones (excluding diaryl/α,β-unsaturated/α-hetero) is 2. The molecule has 0 atom stereocenters. The lowest BCUT2D eigenvalue weighted by atomic mass is 9.69. The fraction of sp³-hybridized carbons (Fsp3) is 0.438. The zero-order chi connectivity index (χ0) is 14.0. The fourth-order valence-electron chi connectivity index (χ4n) is 2.70. The second-order valence-corrected chi connectivity index (χ2v) is 6.07. The number of carbonyl (C=O) groups excluding carboxylic acids is 2. The monoisotopic (exact) mass is 257 g/mol. The number of nitrogens with one attached hydrogen (secondary N) is 1. The highest BCUT2D eigenvalue weighted by atomic mass is 16.2. The van der Waals surface area contributed by atoms with Gasteiger partial charge in [-0.25, -0.2) is 0 Å². The molecule has 0 bridgehead atoms. The minimum Gasteiger partial charge on any atom is -0.308 e. The average molecular weight is 257 g/mol. The van der Waals surface area contributed by atoms with Gasteiger partial charge in [-0.05, 0) is 11.0 Å². The van der Waals surface area contributed by atoms with Crippen molar-refractivity contribution in [1.29, 1.82) is 5.41 Å². The lowest BCUT2D eigenvalue weighted by molar-refractivity contribution is -0.136. The van der Waals surface area contributed by atoms with Gasteiger partial charge in [0.2, 0.25) is 0 Å². The number of ketones is 2. The molecule has 0 saturated heterocycles. The predicted molar refractivity (Wildman–Crippen MR) is 74.4 cm³/mol. The van der Waals surface area contributed by atoms with Crippen LogP contribution in [-0.4, -0.2) is 17.3 Å². The van der Waals surface area contributed by atoms with E-state index in [1.165, 1.54) is 0 Å². The molecule has 1 aromatic carbocycles. The predicted octanol–water partition coefficient (Wildman–Crippen LogP) is 2.82. The molecule has 1 saturated carbocycles. The van der Waals surface area contributed by atoms with Crippen molar-refractivity contribution in [2.45, 2.75) is 33.1 Å². The maximum absolute atomic E-state index is 12.1. The number of hydrogen-bond donors (Lipinski definition) is 1. The SMILES string of the molecule is CC1(C)CC(=O)C(C(=N)Cc2ccccc2)C(=O)C1. The lowest BCUT2D eigenvalue weighted by Gasteiger charge is -2.32. The zero-order valence-electron chi connectivity index (χ0n) is 11.4. The van der Waals surface area contributed by atoms with E-state index in [0.717, 1.165) is 5.56 Å². The molecule has 0 radical (unpaired) electrons. The Hall–Kier alpha value is -1.77. The largest absolute Gasteiger partial charge is 0.308 e. The number of hydrogen-bond acceptors (Lipinski definition) is 3. The van der Waals surface area contributed by atoms with E-state index in [1.807, 2.05) is 44.2 Å². The van der Waals surface area contributed by atoms with Gasteiger partial charge in [0.05, 0.1) is 0 Å².